The van der Waals surface area contributed by atoms with Crippen LogP contribution in [0.2, 0.25) is 5.02 Å². The van der Waals surface area contributed by atoms with Crippen LogP contribution in [0.1, 0.15) is 36.7 Å². The van der Waals surface area contributed by atoms with Crippen molar-refractivity contribution < 1.29 is 18.0 Å². The maximum atomic E-state index is 14.9. The Morgan fingerprint density at radius 3 is 2.35 bits per heavy atom. The van der Waals surface area contributed by atoms with Crippen LogP contribution < -0.4 is 10.6 Å². The molecule has 0 aliphatic carbocycles. The lowest BCUT2D eigenvalue weighted by molar-refractivity contribution is 0.0974. The van der Waals surface area contributed by atoms with Crippen LogP contribution in [0.4, 0.5) is 13.2 Å². The Morgan fingerprint density at radius 1 is 1.06 bits per heavy atom. The molecule has 10 heteroatoms. The van der Waals surface area contributed by atoms with Gasteiger partial charge in [0, 0.05) is 21.7 Å². The summed E-state index contributed by atoms with van der Waals surface area (Å²) in [4.78, 5) is 16.6. The minimum Gasteiger partial charge on any atom is -0.351 e. The number of nitrogens with zero attached hydrogens (tertiary/aromatic N) is 3. The number of azo groups is 1. The highest BCUT2D eigenvalue weighted by Crippen LogP contribution is 2.32. The number of nitrogens with one attached hydrogen (secondary N) is 2. The van der Waals surface area contributed by atoms with E-state index in [1.54, 1.807) is 45.0 Å². The zero-order valence-electron chi connectivity index (χ0n) is 16.9. The molecule has 1 unspecified atom stereocenters. The van der Waals surface area contributed by atoms with E-state index in [0.29, 0.717) is 10.6 Å². The van der Waals surface area contributed by atoms with Crippen LogP contribution in [-0.4, -0.2) is 23.6 Å². The first-order chi connectivity index (χ1) is 14.5. The Balaban J connectivity index is 1.88. The van der Waals surface area contributed by atoms with Crippen molar-refractivity contribution in [3.8, 4) is 0 Å². The summed E-state index contributed by atoms with van der Waals surface area (Å²) in [5.74, 6) is -3.81. The molecule has 0 radical (unpaired) electrons. The van der Waals surface area contributed by atoms with E-state index >= 15 is 0 Å². The van der Waals surface area contributed by atoms with E-state index in [-0.39, 0.29) is 17.2 Å². The number of guanidine groups is 1. The van der Waals surface area contributed by atoms with Gasteiger partial charge in [-0.1, -0.05) is 23.7 Å². The number of rotatable bonds is 3. The van der Waals surface area contributed by atoms with Crippen molar-refractivity contribution in [1.29, 1.82) is 0 Å². The molecule has 1 heterocycles. The monoisotopic (exact) mass is 449 g/mol. The average Bonchev–Trinajstić information content (AvgIpc) is 3.03. The number of carbonyl (C=O) groups is 1. The van der Waals surface area contributed by atoms with Crippen molar-refractivity contribution >= 4 is 29.2 Å². The standard InChI is InChI=1S/C21H19ClF3N5O/c1-21(2,3)28-20(27-19(31)12-6-9-14(23)15(24)10-12)26-18-16(25)17(29-30-18)11-4-7-13(22)8-5-11/h4-10,18H,1-3H3,(H2,26,27,28,31). The van der Waals surface area contributed by atoms with Crippen molar-refractivity contribution in [3.05, 3.63) is 76.1 Å². The van der Waals surface area contributed by atoms with Gasteiger partial charge in [-0.05, 0) is 51.1 Å². The summed E-state index contributed by atoms with van der Waals surface area (Å²) in [6, 6.07) is 9.10. The van der Waals surface area contributed by atoms with Gasteiger partial charge in [0.2, 0.25) is 12.1 Å². The van der Waals surface area contributed by atoms with Gasteiger partial charge in [0.25, 0.3) is 5.91 Å². The van der Waals surface area contributed by atoms with Gasteiger partial charge in [-0.25, -0.2) is 18.2 Å². The second kappa shape index (κ2) is 8.89. The molecule has 1 aliphatic rings. The molecule has 0 spiro atoms. The summed E-state index contributed by atoms with van der Waals surface area (Å²) in [5, 5.41) is 13.6. The Kier molecular flexibility index (Phi) is 6.45. The van der Waals surface area contributed by atoms with Crippen molar-refractivity contribution in [3.63, 3.8) is 0 Å². The maximum absolute atomic E-state index is 14.9. The number of hydrogen-bond acceptors (Lipinski definition) is 4. The van der Waals surface area contributed by atoms with Gasteiger partial charge in [-0.15, -0.1) is 5.11 Å². The van der Waals surface area contributed by atoms with Crippen molar-refractivity contribution in [1.82, 2.24) is 10.6 Å². The molecule has 162 valence electrons. The fraction of sp³-hybridized carbons (Fsp3) is 0.238. The number of benzene rings is 2. The van der Waals surface area contributed by atoms with E-state index in [9.17, 15) is 18.0 Å². The SMILES string of the molecule is CC(C)(C)NC(=NC1N=NC(c2ccc(Cl)cc2)=C1F)NC(=O)c1ccc(F)c(F)c1. The quantitative estimate of drug-likeness (QED) is 0.497. The minimum atomic E-state index is -1.32. The second-order valence-electron chi connectivity index (χ2n) is 7.73. The first kappa shape index (κ1) is 22.5. The zero-order valence-corrected chi connectivity index (χ0v) is 17.6. The normalized spacial score (nSPS) is 16.6. The molecule has 2 aromatic rings. The van der Waals surface area contributed by atoms with Gasteiger partial charge in [0.15, 0.2) is 17.5 Å². The molecule has 3 rings (SSSR count). The van der Waals surface area contributed by atoms with E-state index in [1.165, 1.54) is 0 Å². The zero-order chi connectivity index (χ0) is 22.8. The van der Waals surface area contributed by atoms with Gasteiger partial charge < -0.3 is 5.32 Å². The highest BCUT2D eigenvalue weighted by Gasteiger charge is 2.27. The Morgan fingerprint density at radius 2 is 1.74 bits per heavy atom. The second-order valence-corrected chi connectivity index (χ2v) is 8.16. The third-order valence-electron chi connectivity index (χ3n) is 4.00. The number of halogens is 4. The number of carbonyl (C=O) groups excluding carboxylic acids is 1. The van der Waals surface area contributed by atoms with Gasteiger partial charge in [-0.3, -0.25) is 10.1 Å². The summed E-state index contributed by atoms with van der Waals surface area (Å²) in [7, 11) is 0. The summed E-state index contributed by atoms with van der Waals surface area (Å²) in [5.41, 5.74) is -0.213. The molecule has 0 fully saturated rings. The van der Waals surface area contributed by atoms with Crippen LogP contribution in [0.15, 0.2) is 63.5 Å². The predicted octanol–water partition coefficient (Wildman–Crippen LogP) is 5.22. The Labute approximate surface area is 181 Å². The number of hydrogen-bond donors (Lipinski definition) is 2. The van der Waals surface area contributed by atoms with E-state index < -0.39 is 35.1 Å². The molecule has 2 aromatic carbocycles. The van der Waals surface area contributed by atoms with Gasteiger partial charge >= 0.3 is 0 Å². The summed E-state index contributed by atoms with van der Waals surface area (Å²) < 4.78 is 41.5. The van der Waals surface area contributed by atoms with Crippen LogP contribution in [0.3, 0.4) is 0 Å². The third-order valence-corrected chi connectivity index (χ3v) is 4.25. The number of amides is 1. The molecule has 0 saturated carbocycles. The molecule has 0 aromatic heterocycles. The highest BCUT2D eigenvalue weighted by atomic mass is 35.5. The summed E-state index contributed by atoms with van der Waals surface area (Å²) in [6.07, 6.45) is -1.32. The summed E-state index contributed by atoms with van der Waals surface area (Å²) >= 11 is 5.85. The lowest BCUT2D eigenvalue weighted by Gasteiger charge is -2.24. The van der Waals surface area contributed by atoms with Gasteiger partial charge in [0.1, 0.15) is 5.70 Å². The first-order valence-corrected chi connectivity index (χ1v) is 9.60. The average molecular weight is 450 g/mol. The van der Waals surface area contributed by atoms with Crippen LogP contribution in [0, 0.1) is 11.6 Å². The molecule has 0 bridgehead atoms. The molecule has 0 saturated heterocycles. The fourth-order valence-corrected chi connectivity index (χ4v) is 2.74. The first-order valence-electron chi connectivity index (χ1n) is 9.22. The molecule has 6 nitrogen and oxygen atoms in total. The molecular weight excluding hydrogens is 431 g/mol. The number of aliphatic imine (C=N–C) groups is 1. The lowest BCUT2D eigenvalue weighted by atomic mass is 10.1. The third kappa shape index (κ3) is 5.69. The Bertz CT molecular complexity index is 1090. The Hall–Kier alpha value is -3.20. The van der Waals surface area contributed by atoms with Crippen LogP contribution >= 0.6 is 11.6 Å². The molecule has 1 atom stereocenters. The van der Waals surface area contributed by atoms with Crippen LogP contribution in [0.25, 0.3) is 5.70 Å². The molecular formula is C21H19ClF3N5O. The van der Waals surface area contributed by atoms with Gasteiger partial charge in [0.05, 0.1) is 0 Å². The fourth-order valence-electron chi connectivity index (χ4n) is 2.61. The van der Waals surface area contributed by atoms with Crippen LogP contribution in [0.5, 0.6) is 0 Å². The van der Waals surface area contributed by atoms with E-state index in [2.05, 4.69) is 25.9 Å². The van der Waals surface area contributed by atoms with E-state index in [4.69, 9.17) is 11.6 Å². The lowest BCUT2D eigenvalue weighted by Crippen LogP contribution is -2.49. The maximum Gasteiger partial charge on any atom is 0.258 e. The van der Waals surface area contributed by atoms with Gasteiger partial charge in [-0.2, -0.15) is 5.11 Å². The van der Waals surface area contributed by atoms with E-state index in [0.717, 1.165) is 18.2 Å². The largest absolute Gasteiger partial charge is 0.351 e. The van der Waals surface area contributed by atoms with Crippen molar-refractivity contribution in [2.24, 2.45) is 15.2 Å². The highest BCUT2D eigenvalue weighted by molar-refractivity contribution is 6.30. The summed E-state index contributed by atoms with van der Waals surface area (Å²) in [6.45, 7) is 5.40. The van der Waals surface area contributed by atoms with Crippen molar-refractivity contribution in [2.75, 3.05) is 0 Å². The predicted molar refractivity (Wildman–Crippen MR) is 112 cm³/mol. The molecule has 2 N–H and O–H groups in total. The van der Waals surface area contributed by atoms with Crippen molar-refractivity contribution in [2.45, 2.75) is 32.5 Å². The van der Waals surface area contributed by atoms with Crippen LogP contribution in [-0.2, 0) is 0 Å². The molecule has 1 amide bonds. The van der Waals surface area contributed by atoms with E-state index in [1.807, 2.05) is 0 Å². The molecule has 31 heavy (non-hydrogen) atoms. The smallest absolute Gasteiger partial charge is 0.258 e. The molecule has 1 aliphatic heterocycles. The minimum absolute atomic E-state index is 0.00691. The topological polar surface area (TPSA) is 78.2 Å².